The Bertz CT molecular complexity index is 1180. The number of halogens is 1. The maximum Gasteiger partial charge on any atom is 0.340 e. The average molecular weight is 398 g/mol. The van der Waals surface area contributed by atoms with Crippen molar-refractivity contribution < 1.29 is 27.9 Å². The van der Waals surface area contributed by atoms with Gasteiger partial charge in [0.05, 0.1) is 17.6 Å². The Morgan fingerprint density at radius 3 is 2.79 bits per heavy atom. The second-order valence-corrected chi connectivity index (χ2v) is 6.81. The Labute approximate surface area is 161 Å². The molecule has 3 aromatic rings. The van der Waals surface area contributed by atoms with Crippen LogP contribution in [0.2, 0.25) is 0 Å². The minimum Gasteiger partial charge on any atom is -0.465 e. The summed E-state index contributed by atoms with van der Waals surface area (Å²) in [6, 6.07) is 5.74. The number of hydrogen-bond acceptors (Lipinski definition) is 7. The highest BCUT2D eigenvalue weighted by molar-refractivity contribution is 8.18. The summed E-state index contributed by atoms with van der Waals surface area (Å²) in [6.07, 6.45) is 4.53. The molecule has 1 aliphatic rings. The molecule has 0 spiro atoms. The summed E-state index contributed by atoms with van der Waals surface area (Å²) in [6.45, 7) is 0. The van der Waals surface area contributed by atoms with Gasteiger partial charge in [0.1, 0.15) is 17.2 Å². The number of ether oxygens (including phenoxy) is 1. The van der Waals surface area contributed by atoms with E-state index >= 15 is 0 Å². The number of nitrogens with one attached hydrogen (secondary N) is 1. The number of fused-ring (bicyclic) bond motifs is 1. The van der Waals surface area contributed by atoms with Gasteiger partial charge in [-0.1, -0.05) is 6.07 Å². The molecule has 0 atom stereocenters. The van der Waals surface area contributed by atoms with E-state index in [1.54, 1.807) is 18.3 Å². The van der Waals surface area contributed by atoms with Gasteiger partial charge >= 0.3 is 5.97 Å². The molecule has 0 saturated carbocycles. The Balaban J connectivity index is 1.77. The molecular weight excluding hydrogens is 387 g/mol. The van der Waals surface area contributed by atoms with Crippen molar-refractivity contribution in [2.24, 2.45) is 0 Å². The monoisotopic (exact) mass is 398 g/mol. The molecule has 1 aliphatic heterocycles. The van der Waals surface area contributed by atoms with Crippen LogP contribution in [-0.2, 0) is 9.53 Å². The van der Waals surface area contributed by atoms with Gasteiger partial charge in [0.15, 0.2) is 0 Å². The quantitative estimate of drug-likeness (QED) is 0.530. The molecule has 0 bridgehead atoms. The number of carbonyl (C=O) groups excluding carboxylic acids is 3. The molecule has 0 unspecified atom stereocenters. The third kappa shape index (κ3) is 3.16. The predicted molar refractivity (Wildman–Crippen MR) is 99.8 cm³/mol. The Morgan fingerprint density at radius 2 is 2.11 bits per heavy atom. The van der Waals surface area contributed by atoms with Crippen molar-refractivity contribution >= 4 is 45.9 Å². The SMILES string of the molecule is COC(=O)c1ccc(-c2cncc3cc(/C=C4\SC(=O)NC4=O)oc23)cc1F. The van der Waals surface area contributed by atoms with E-state index in [4.69, 9.17) is 4.42 Å². The smallest absolute Gasteiger partial charge is 0.340 e. The van der Waals surface area contributed by atoms with Crippen molar-refractivity contribution in [3.05, 3.63) is 58.7 Å². The summed E-state index contributed by atoms with van der Waals surface area (Å²) < 4.78 is 24.6. The number of aromatic nitrogens is 1. The van der Waals surface area contributed by atoms with Crippen molar-refractivity contribution in [3.63, 3.8) is 0 Å². The van der Waals surface area contributed by atoms with E-state index in [0.29, 0.717) is 27.9 Å². The molecule has 2 aromatic heterocycles. The lowest BCUT2D eigenvalue weighted by Gasteiger charge is -2.05. The van der Waals surface area contributed by atoms with Crippen molar-refractivity contribution in [2.75, 3.05) is 7.11 Å². The zero-order valence-electron chi connectivity index (χ0n) is 14.3. The van der Waals surface area contributed by atoms with Gasteiger partial charge in [0.2, 0.25) is 0 Å². The molecule has 9 heteroatoms. The number of methoxy groups -OCH3 is 1. The first-order valence-electron chi connectivity index (χ1n) is 7.97. The van der Waals surface area contributed by atoms with Gasteiger partial charge in [0.25, 0.3) is 11.1 Å². The standard InChI is InChI=1S/C19H11FN2O5S/c1-26-18(24)12-3-2-9(5-14(12)20)13-8-21-7-10-4-11(27-16(10)13)6-15-17(23)22-19(25)28-15/h2-8H,1H3,(H,22,23,25)/b15-6-. The van der Waals surface area contributed by atoms with Crippen molar-refractivity contribution in [2.45, 2.75) is 0 Å². The number of benzene rings is 1. The summed E-state index contributed by atoms with van der Waals surface area (Å²) in [5.74, 6) is -1.64. The molecule has 140 valence electrons. The van der Waals surface area contributed by atoms with Gasteiger partial charge in [-0.2, -0.15) is 0 Å². The van der Waals surface area contributed by atoms with E-state index in [2.05, 4.69) is 15.0 Å². The molecule has 2 amide bonds. The lowest BCUT2D eigenvalue weighted by molar-refractivity contribution is -0.115. The topological polar surface area (TPSA) is 98.5 Å². The molecule has 28 heavy (non-hydrogen) atoms. The lowest BCUT2D eigenvalue weighted by Crippen LogP contribution is -2.17. The van der Waals surface area contributed by atoms with Crippen LogP contribution in [-0.4, -0.2) is 29.2 Å². The molecular formula is C19H11FN2O5S. The van der Waals surface area contributed by atoms with Crippen LogP contribution < -0.4 is 5.32 Å². The van der Waals surface area contributed by atoms with Gasteiger partial charge < -0.3 is 9.15 Å². The number of carbonyl (C=O) groups is 3. The van der Waals surface area contributed by atoms with Crippen molar-refractivity contribution in [1.29, 1.82) is 0 Å². The zero-order chi connectivity index (χ0) is 19.8. The largest absolute Gasteiger partial charge is 0.465 e. The Morgan fingerprint density at radius 1 is 1.29 bits per heavy atom. The second-order valence-electron chi connectivity index (χ2n) is 5.79. The van der Waals surface area contributed by atoms with Crippen LogP contribution in [0.4, 0.5) is 9.18 Å². The first kappa shape index (κ1) is 17.9. The highest BCUT2D eigenvalue weighted by Crippen LogP contribution is 2.33. The number of amides is 2. The van der Waals surface area contributed by atoms with E-state index in [1.165, 1.54) is 31.5 Å². The number of pyridine rings is 1. The van der Waals surface area contributed by atoms with Crippen LogP contribution in [0, 0.1) is 5.82 Å². The maximum atomic E-state index is 14.3. The Kier molecular flexibility index (Phi) is 4.44. The molecule has 1 aromatic carbocycles. The van der Waals surface area contributed by atoms with Crippen LogP contribution in [0.15, 0.2) is 46.0 Å². The van der Waals surface area contributed by atoms with Crippen molar-refractivity contribution in [3.8, 4) is 11.1 Å². The zero-order valence-corrected chi connectivity index (χ0v) is 15.1. The first-order chi connectivity index (χ1) is 13.5. The highest BCUT2D eigenvalue weighted by Gasteiger charge is 2.25. The normalized spacial score (nSPS) is 15.3. The van der Waals surface area contributed by atoms with Crippen LogP contribution in [0.25, 0.3) is 28.2 Å². The molecule has 3 heterocycles. The van der Waals surface area contributed by atoms with Gasteiger partial charge in [-0.25, -0.2) is 9.18 Å². The molecule has 1 saturated heterocycles. The molecule has 7 nitrogen and oxygen atoms in total. The third-order valence-electron chi connectivity index (χ3n) is 4.04. The average Bonchev–Trinajstić information content (AvgIpc) is 3.22. The number of hydrogen-bond donors (Lipinski definition) is 1. The molecule has 1 N–H and O–H groups in total. The molecule has 1 fully saturated rings. The predicted octanol–water partition coefficient (Wildman–Crippen LogP) is 3.74. The molecule has 0 radical (unpaired) electrons. The van der Waals surface area contributed by atoms with E-state index < -0.39 is 22.9 Å². The minimum atomic E-state index is -0.769. The number of furan rings is 1. The summed E-state index contributed by atoms with van der Waals surface area (Å²) in [5.41, 5.74) is 1.23. The Hall–Kier alpha value is -3.46. The van der Waals surface area contributed by atoms with Crippen LogP contribution in [0.3, 0.4) is 0 Å². The fourth-order valence-corrected chi connectivity index (χ4v) is 3.43. The van der Waals surface area contributed by atoms with Crippen LogP contribution in [0.1, 0.15) is 16.1 Å². The fraction of sp³-hybridized carbons (Fsp3) is 0.0526. The molecule has 4 rings (SSSR count). The third-order valence-corrected chi connectivity index (χ3v) is 4.85. The first-order valence-corrected chi connectivity index (χ1v) is 8.78. The summed E-state index contributed by atoms with van der Waals surface area (Å²) in [7, 11) is 1.18. The van der Waals surface area contributed by atoms with Crippen LogP contribution >= 0.6 is 11.8 Å². The number of thioether (sulfide) groups is 1. The minimum absolute atomic E-state index is 0.176. The summed E-state index contributed by atoms with van der Waals surface area (Å²) in [4.78, 5) is 38.9. The number of nitrogens with zero attached hydrogens (tertiary/aromatic N) is 1. The summed E-state index contributed by atoms with van der Waals surface area (Å²) in [5, 5.41) is 2.35. The lowest BCUT2D eigenvalue weighted by atomic mass is 10.0. The van der Waals surface area contributed by atoms with E-state index in [1.807, 2.05) is 0 Å². The van der Waals surface area contributed by atoms with Gasteiger partial charge in [-0.15, -0.1) is 0 Å². The molecule has 0 aliphatic carbocycles. The van der Waals surface area contributed by atoms with Gasteiger partial charge in [-0.05, 0) is 35.5 Å². The summed E-state index contributed by atoms with van der Waals surface area (Å²) >= 11 is 0.780. The van der Waals surface area contributed by atoms with Gasteiger partial charge in [0, 0.05) is 29.4 Å². The van der Waals surface area contributed by atoms with Gasteiger partial charge in [-0.3, -0.25) is 19.9 Å². The van der Waals surface area contributed by atoms with E-state index in [-0.39, 0.29) is 10.5 Å². The second kappa shape index (κ2) is 6.93. The van der Waals surface area contributed by atoms with Crippen molar-refractivity contribution in [1.82, 2.24) is 10.3 Å². The van der Waals surface area contributed by atoms with E-state index in [9.17, 15) is 18.8 Å². The fourth-order valence-electron chi connectivity index (χ4n) is 2.77. The highest BCUT2D eigenvalue weighted by atomic mass is 32.2. The van der Waals surface area contributed by atoms with E-state index in [0.717, 1.165) is 11.8 Å². The number of imide groups is 1. The number of esters is 1. The number of rotatable bonds is 3. The van der Waals surface area contributed by atoms with Crippen LogP contribution in [0.5, 0.6) is 0 Å². The maximum absolute atomic E-state index is 14.3.